The molecule has 0 saturated heterocycles. The number of rotatable bonds is 3. The molecule has 0 heterocycles. The minimum Gasteiger partial charge on any atom is -0.309 e. The van der Waals surface area contributed by atoms with E-state index in [1.165, 1.54) is 0 Å². The molecular weight excluding hydrogens is 434 g/mol. The number of allylic oxidation sites excluding steroid dienone is 2. The Morgan fingerprint density at radius 3 is 2.47 bits per heavy atom. The molecule has 0 unspecified atom stereocenters. The fourth-order valence-electron chi connectivity index (χ4n) is 1.26. The van der Waals surface area contributed by atoms with Crippen molar-refractivity contribution < 1.29 is 37.3 Å². The van der Waals surface area contributed by atoms with Gasteiger partial charge in [-0.2, -0.15) is 29.8 Å². The van der Waals surface area contributed by atoms with E-state index in [0.29, 0.717) is 0 Å². The van der Waals surface area contributed by atoms with Crippen molar-refractivity contribution >= 4 is 5.78 Å². The molecule has 0 spiro atoms. The van der Waals surface area contributed by atoms with Crippen molar-refractivity contribution in [2.45, 2.75) is 33.6 Å². The maximum Gasteiger partial charge on any atom is 2.00 e. The van der Waals surface area contributed by atoms with E-state index in [2.05, 4.69) is 19.9 Å². The van der Waals surface area contributed by atoms with Gasteiger partial charge in [0.05, 0.1) is 0 Å². The summed E-state index contributed by atoms with van der Waals surface area (Å²) in [4.78, 5) is 11.0. The maximum absolute atomic E-state index is 11.0. The first-order valence-electron chi connectivity index (χ1n) is 5.62. The number of hydrogen-bond donors (Lipinski definition) is 0. The van der Waals surface area contributed by atoms with Crippen LogP contribution in [0, 0.1) is 44.1 Å². The second-order valence-corrected chi connectivity index (χ2v) is 3.35. The summed E-state index contributed by atoms with van der Waals surface area (Å²) >= 11 is 0. The molecule has 0 aliphatic rings. The van der Waals surface area contributed by atoms with E-state index in [1.54, 1.807) is 13.0 Å². The second-order valence-electron chi connectivity index (χ2n) is 3.35. The van der Waals surface area contributed by atoms with Crippen molar-refractivity contribution in [2.24, 2.45) is 0 Å². The van der Waals surface area contributed by atoms with Crippen LogP contribution in [0.25, 0.3) is 0 Å². The molecule has 0 atom stereocenters. The second kappa shape index (κ2) is 12.0. The van der Waals surface area contributed by atoms with E-state index >= 15 is 0 Å². The predicted molar refractivity (Wildman–Crippen MR) is 71.6 cm³/mol. The van der Waals surface area contributed by atoms with Gasteiger partial charge in [-0.05, 0) is 6.92 Å². The van der Waals surface area contributed by atoms with Crippen LogP contribution in [0.15, 0.2) is 30.4 Å². The first-order chi connectivity index (χ1) is 7.67. The standard InChI is InChI=1S/C10H11O.C5H9.U.H2/c1-3-9-6-4-5-7-10(9)8(2)11;1-3-5-4-2;;/h4-5,7H,3H2,1-2H3;3,5H,1,4H2,2H3;;1H/q2*-1;+2;/b;5-3-;;. The van der Waals surface area contributed by atoms with Crippen molar-refractivity contribution in [3.8, 4) is 0 Å². The first kappa shape index (κ1) is 18.9. The molecule has 0 saturated carbocycles. The molecule has 2 heteroatoms. The third-order valence-corrected chi connectivity index (χ3v) is 2.08. The van der Waals surface area contributed by atoms with Gasteiger partial charge in [-0.25, -0.2) is 19.1 Å². The maximum atomic E-state index is 11.0. The molecule has 0 amide bonds. The number of carbonyl (C=O) groups excluding carboxylic acids is 1. The Morgan fingerprint density at radius 1 is 1.53 bits per heavy atom. The summed E-state index contributed by atoms with van der Waals surface area (Å²) < 4.78 is 0. The number of hydrogen-bond acceptors (Lipinski definition) is 1. The molecule has 1 aromatic carbocycles. The zero-order valence-electron chi connectivity index (χ0n) is 10.9. The molecule has 17 heavy (non-hydrogen) atoms. The van der Waals surface area contributed by atoms with Gasteiger partial charge in [-0.1, -0.05) is 25.8 Å². The van der Waals surface area contributed by atoms with Crippen LogP contribution < -0.4 is 0 Å². The van der Waals surface area contributed by atoms with Crippen LogP contribution in [0.4, 0.5) is 0 Å². The summed E-state index contributed by atoms with van der Waals surface area (Å²) in [7, 11) is 0. The van der Waals surface area contributed by atoms with Crippen LogP contribution in [0.1, 0.15) is 44.5 Å². The van der Waals surface area contributed by atoms with Crippen molar-refractivity contribution in [3.63, 3.8) is 0 Å². The Hall–Kier alpha value is -0.448. The van der Waals surface area contributed by atoms with E-state index in [-0.39, 0.29) is 38.3 Å². The Kier molecular flexibility index (Phi) is 13.4. The zero-order chi connectivity index (χ0) is 12.4. The SMILES string of the molecule is CCc1[c-]cccc1C(C)=O.[CH2-]/C=C\CC.[HH].[U+2]. The van der Waals surface area contributed by atoms with Crippen LogP contribution in [0.5, 0.6) is 0 Å². The third-order valence-electron chi connectivity index (χ3n) is 2.08. The van der Waals surface area contributed by atoms with Crippen LogP contribution >= 0.6 is 0 Å². The van der Waals surface area contributed by atoms with Gasteiger partial charge in [0.2, 0.25) is 0 Å². The van der Waals surface area contributed by atoms with E-state index < -0.39 is 0 Å². The van der Waals surface area contributed by atoms with E-state index in [0.717, 1.165) is 24.0 Å². The van der Waals surface area contributed by atoms with Crippen LogP contribution in [-0.2, 0) is 6.42 Å². The number of Topliss-reactive ketones (excluding diaryl/α,β-unsaturated/α-hetero) is 1. The molecule has 92 valence electrons. The van der Waals surface area contributed by atoms with E-state index in [9.17, 15) is 4.79 Å². The van der Waals surface area contributed by atoms with Crippen molar-refractivity contribution in [1.29, 1.82) is 0 Å². The number of benzene rings is 1. The van der Waals surface area contributed by atoms with Crippen LogP contribution in [0.2, 0.25) is 0 Å². The molecule has 0 N–H and O–H groups in total. The van der Waals surface area contributed by atoms with Gasteiger partial charge >= 0.3 is 31.1 Å². The Morgan fingerprint density at radius 2 is 2.18 bits per heavy atom. The Bertz CT molecular complexity index is 348. The molecule has 0 radical (unpaired) electrons. The quantitative estimate of drug-likeness (QED) is 0.490. The minimum atomic E-state index is 0. The zero-order valence-corrected chi connectivity index (χ0v) is 15.1. The third kappa shape index (κ3) is 8.30. The summed E-state index contributed by atoms with van der Waals surface area (Å²) in [6.07, 6.45) is 5.79. The molecule has 0 bridgehead atoms. The van der Waals surface area contributed by atoms with Gasteiger partial charge in [0.15, 0.2) is 0 Å². The Balaban J connectivity index is -0.000000282. The minimum absolute atomic E-state index is 0. The molecule has 0 aliphatic carbocycles. The molecule has 0 aromatic heterocycles. The predicted octanol–water partition coefficient (Wildman–Crippen LogP) is 4.28. The number of aryl methyl sites for hydroxylation is 1. The summed E-state index contributed by atoms with van der Waals surface area (Å²) in [6, 6.07) is 8.57. The number of carbonyl (C=O) groups is 1. The fraction of sp³-hybridized carbons (Fsp3) is 0.333. The van der Waals surface area contributed by atoms with Crippen LogP contribution in [-0.4, -0.2) is 5.78 Å². The largest absolute Gasteiger partial charge is 2.00 e. The van der Waals surface area contributed by atoms with Crippen molar-refractivity contribution in [3.05, 3.63) is 54.5 Å². The molecule has 1 aromatic rings. The smallest absolute Gasteiger partial charge is 0.309 e. The van der Waals surface area contributed by atoms with Gasteiger partial charge in [-0.3, -0.25) is 0 Å². The molecule has 0 aliphatic heterocycles. The summed E-state index contributed by atoms with van der Waals surface area (Å²) in [5, 5.41) is 0. The number of ketones is 1. The van der Waals surface area contributed by atoms with Gasteiger partial charge in [0, 0.05) is 1.43 Å². The van der Waals surface area contributed by atoms with Gasteiger partial charge < -0.3 is 4.79 Å². The van der Waals surface area contributed by atoms with Gasteiger partial charge in [-0.15, -0.1) is 6.42 Å². The summed E-state index contributed by atoms with van der Waals surface area (Å²) in [5.74, 6) is 0.124. The average molecular weight is 456 g/mol. The summed E-state index contributed by atoms with van der Waals surface area (Å²) in [5.41, 5.74) is 1.81. The van der Waals surface area contributed by atoms with E-state index in [1.807, 2.05) is 31.2 Å². The van der Waals surface area contributed by atoms with Crippen LogP contribution in [0.3, 0.4) is 0 Å². The average Bonchev–Trinajstić information content (AvgIpc) is 2.31. The fourth-order valence-corrected chi connectivity index (χ4v) is 1.26. The molecule has 0 fully saturated rings. The van der Waals surface area contributed by atoms with Crippen molar-refractivity contribution in [2.75, 3.05) is 0 Å². The Labute approximate surface area is 131 Å². The molecule has 1 nitrogen and oxygen atoms in total. The normalized spacial score (nSPS) is 9.12. The van der Waals surface area contributed by atoms with Crippen molar-refractivity contribution in [1.82, 2.24) is 0 Å². The summed E-state index contributed by atoms with van der Waals surface area (Å²) in [6.45, 7) is 9.19. The first-order valence-corrected chi connectivity index (χ1v) is 5.62. The monoisotopic (exact) mass is 456 g/mol. The molecule has 1 rings (SSSR count). The molecular formula is C15H22OU. The topological polar surface area (TPSA) is 17.1 Å². The van der Waals surface area contributed by atoms with Gasteiger partial charge in [0.1, 0.15) is 5.78 Å². The van der Waals surface area contributed by atoms with E-state index in [4.69, 9.17) is 0 Å². The van der Waals surface area contributed by atoms with Gasteiger partial charge in [0.25, 0.3) is 0 Å².